The Balaban J connectivity index is 3.72. The highest BCUT2D eigenvalue weighted by molar-refractivity contribution is 4.72. The highest BCUT2D eigenvalue weighted by Crippen LogP contribution is 2.07. The zero-order valence-electron chi connectivity index (χ0n) is 8.80. The first-order valence-corrected chi connectivity index (χ1v) is 5.02. The summed E-state index contributed by atoms with van der Waals surface area (Å²) >= 11 is 0. The molecule has 0 fully saturated rings. The van der Waals surface area contributed by atoms with E-state index in [2.05, 4.69) is 33.0 Å². The van der Waals surface area contributed by atoms with Crippen molar-refractivity contribution in [1.29, 1.82) is 0 Å². The average Bonchev–Trinajstić information content (AvgIpc) is 2.12. The molecule has 0 aromatic rings. The number of rotatable bonds is 6. The van der Waals surface area contributed by atoms with E-state index in [-0.39, 0.29) is 12.6 Å². The van der Waals surface area contributed by atoms with Crippen LogP contribution < -0.4 is 5.32 Å². The average molecular weight is 173 g/mol. The number of aliphatic hydroxyl groups is 1. The number of aliphatic hydroxyl groups excluding tert-OH is 1. The Morgan fingerprint density at radius 1 is 1.17 bits per heavy atom. The summed E-state index contributed by atoms with van der Waals surface area (Å²) in [7, 11) is 0. The van der Waals surface area contributed by atoms with E-state index in [1.807, 2.05) is 0 Å². The van der Waals surface area contributed by atoms with Crippen LogP contribution in [0.25, 0.3) is 0 Å². The van der Waals surface area contributed by atoms with Gasteiger partial charge < -0.3 is 10.4 Å². The van der Waals surface area contributed by atoms with Crippen LogP contribution in [0.1, 0.15) is 40.5 Å². The van der Waals surface area contributed by atoms with Crippen LogP contribution in [0.2, 0.25) is 0 Å². The van der Waals surface area contributed by atoms with Crippen LogP contribution in [0.4, 0.5) is 0 Å². The van der Waals surface area contributed by atoms with Gasteiger partial charge in [-0.1, -0.05) is 27.2 Å². The molecule has 3 atom stereocenters. The maximum Gasteiger partial charge on any atom is 0.0584 e. The SMILES string of the molecule is CC[C@@H](CO)N[C@@H](C)[C@@H](C)CC. The maximum atomic E-state index is 8.97. The molecule has 0 unspecified atom stereocenters. The molecule has 0 saturated carbocycles. The fraction of sp³-hybridized carbons (Fsp3) is 1.00. The van der Waals surface area contributed by atoms with E-state index < -0.39 is 0 Å². The molecule has 0 aliphatic heterocycles. The molecule has 0 bridgehead atoms. The van der Waals surface area contributed by atoms with Crippen molar-refractivity contribution in [2.75, 3.05) is 6.61 Å². The van der Waals surface area contributed by atoms with Crippen molar-refractivity contribution >= 4 is 0 Å². The van der Waals surface area contributed by atoms with Crippen molar-refractivity contribution in [3.8, 4) is 0 Å². The summed E-state index contributed by atoms with van der Waals surface area (Å²) in [6.07, 6.45) is 2.19. The Morgan fingerprint density at radius 2 is 1.75 bits per heavy atom. The molecule has 2 N–H and O–H groups in total. The zero-order chi connectivity index (χ0) is 9.56. The lowest BCUT2D eigenvalue weighted by Gasteiger charge is -2.24. The Hall–Kier alpha value is -0.0800. The topological polar surface area (TPSA) is 32.3 Å². The molecule has 0 aliphatic rings. The van der Waals surface area contributed by atoms with E-state index in [9.17, 15) is 0 Å². The van der Waals surface area contributed by atoms with Crippen molar-refractivity contribution in [3.05, 3.63) is 0 Å². The van der Waals surface area contributed by atoms with Crippen molar-refractivity contribution < 1.29 is 5.11 Å². The summed E-state index contributed by atoms with van der Waals surface area (Å²) in [6.45, 7) is 8.96. The van der Waals surface area contributed by atoms with Gasteiger partial charge in [0.1, 0.15) is 0 Å². The molecule has 0 heterocycles. The second-order valence-electron chi connectivity index (χ2n) is 3.63. The highest BCUT2D eigenvalue weighted by Gasteiger charge is 2.13. The summed E-state index contributed by atoms with van der Waals surface area (Å²) in [5, 5.41) is 12.4. The van der Waals surface area contributed by atoms with Gasteiger partial charge in [-0.3, -0.25) is 0 Å². The molecule has 0 aromatic heterocycles. The van der Waals surface area contributed by atoms with Gasteiger partial charge in [-0.15, -0.1) is 0 Å². The lowest BCUT2D eigenvalue weighted by atomic mass is 10.00. The monoisotopic (exact) mass is 173 g/mol. The van der Waals surface area contributed by atoms with Crippen molar-refractivity contribution in [2.24, 2.45) is 5.92 Å². The Bertz CT molecular complexity index is 102. The molecule has 74 valence electrons. The maximum absolute atomic E-state index is 8.97. The Kier molecular flexibility index (Phi) is 6.39. The second-order valence-corrected chi connectivity index (χ2v) is 3.63. The van der Waals surface area contributed by atoms with Crippen LogP contribution in [-0.4, -0.2) is 23.8 Å². The summed E-state index contributed by atoms with van der Waals surface area (Å²) in [4.78, 5) is 0. The number of hydrogen-bond donors (Lipinski definition) is 2. The predicted molar refractivity (Wildman–Crippen MR) is 53.2 cm³/mol. The van der Waals surface area contributed by atoms with Gasteiger partial charge in [-0.05, 0) is 19.3 Å². The van der Waals surface area contributed by atoms with Gasteiger partial charge in [0, 0.05) is 12.1 Å². The van der Waals surface area contributed by atoms with Crippen LogP contribution in [-0.2, 0) is 0 Å². The summed E-state index contributed by atoms with van der Waals surface area (Å²) in [5.74, 6) is 0.686. The molecule has 2 nitrogen and oxygen atoms in total. The molecular weight excluding hydrogens is 150 g/mol. The molecule has 0 saturated heterocycles. The highest BCUT2D eigenvalue weighted by atomic mass is 16.3. The lowest BCUT2D eigenvalue weighted by Crippen LogP contribution is -2.41. The van der Waals surface area contributed by atoms with Gasteiger partial charge in [-0.2, -0.15) is 0 Å². The molecule has 0 rings (SSSR count). The fourth-order valence-corrected chi connectivity index (χ4v) is 1.19. The zero-order valence-corrected chi connectivity index (χ0v) is 8.80. The molecule has 2 heteroatoms. The van der Waals surface area contributed by atoms with Crippen LogP contribution in [0.3, 0.4) is 0 Å². The van der Waals surface area contributed by atoms with Gasteiger partial charge in [-0.25, -0.2) is 0 Å². The predicted octanol–water partition coefficient (Wildman–Crippen LogP) is 1.78. The molecule has 12 heavy (non-hydrogen) atoms. The summed E-state index contributed by atoms with van der Waals surface area (Å²) in [6, 6.07) is 0.779. The standard InChI is InChI=1S/C10H23NO/c1-5-8(3)9(4)11-10(6-2)7-12/h8-12H,5-7H2,1-4H3/t8-,9-,10-/m0/s1. The van der Waals surface area contributed by atoms with Gasteiger partial charge in [0.2, 0.25) is 0 Å². The van der Waals surface area contributed by atoms with E-state index in [0.29, 0.717) is 12.0 Å². The van der Waals surface area contributed by atoms with Crippen molar-refractivity contribution in [3.63, 3.8) is 0 Å². The molecule has 0 aromatic carbocycles. The van der Waals surface area contributed by atoms with Crippen LogP contribution in [0.5, 0.6) is 0 Å². The largest absolute Gasteiger partial charge is 0.395 e. The number of nitrogens with one attached hydrogen (secondary N) is 1. The van der Waals surface area contributed by atoms with E-state index in [4.69, 9.17) is 5.11 Å². The quantitative estimate of drug-likeness (QED) is 0.641. The van der Waals surface area contributed by atoms with Gasteiger partial charge >= 0.3 is 0 Å². The smallest absolute Gasteiger partial charge is 0.0584 e. The molecular formula is C10H23NO. The fourth-order valence-electron chi connectivity index (χ4n) is 1.19. The summed E-state index contributed by atoms with van der Waals surface area (Å²) < 4.78 is 0. The first-order chi connectivity index (χ1) is 5.65. The van der Waals surface area contributed by atoms with E-state index in [0.717, 1.165) is 6.42 Å². The Morgan fingerprint density at radius 3 is 2.08 bits per heavy atom. The third-order valence-corrected chi connectivity index (χ3v) is 2.71. The van der Waals surface area contributed by atoms with Crippen LogP contribution >= 0.6 is 0 Å². The van der Waals surface area contributed by atoms with Crippen molar-refractivity contribution in [2.45, 2.75) is 52.6 Å². The summed E-state index contributed by atoms with van der Waals surface area (Å²) in [5.41, 5.74) is 0. The van der Waals surface area contributed by atoms with Crippen LogP contribution in [0, 0.1) is 5.92 Å². The minimum Gasteiger partial charge on any atom is -0.395 e. The third-order valence-electron chi connectivity index (χ3n) is 2.71. The van der Waals surface area contributed by atoms with Gasteiger partial charge in [0.25, 0.3) is 0 Å². The van der Waals surface area contributed by atoms with E-state index >= 15 is 0 Å². The number of hydrogen-bond acceptors (Lipinski definition) is 2. The Labute approximate surface area is 76.4 Å². The van der Waals surface area contributed by atoms with Crippen molar-refractivity contribution in [1.82, 2.24) is 5.32 Å². The molecule has 0 radical (unpaired) electrons. The second kappa shape index (κ2) is 6.44. The van der Waals surface area contributed by atoms with E-state index in [1.54, 1.807) is 0 Å². The molecule has 0 spiro atoms. The van der Waals surface area contributed by atoms with Gasteiger partial charge in [0.05, 0.1) is 6.61 Å². The minimum atomic E-state index is 0.247. The first-order valence-electron chi connectivity index (χ1n) is 5.02. The first kappa shape index (κ1) is 11.9. The van der Waals surface area contributed by atoms with Crippen LogP contribution in [0.15, 0.2) is 0 Å². The lowest BCUT2D eigenvalue weighted by molar-refractivity contribution is 0.216. The van der Waals surface area contributed by atoms with Gasteiger partial charge in [0.15, 0.2) is 0 Å². The molecule has 0 amide bonds. The third kappa shape index (κ3) is 4.07. The minimum absolute atomic E-state index is 0.247. The molecule has 0 aliphatic carbocycles. The normalized spacial score (nSPS) is 18.8. The van der Waals surface area contributed by atoms with E-state index in [1.165, 1.54) is 6.42 Å².